The van der Waals surface area contributed by atoms with Gasteiger partial charge in [-0.25, -0.2) is 8.78 Å². The van der Waals surface area contributed by atoms with Crippen LogP contribution in [0.4, 0.5) is 8.78 Å². The maximum absolute atomic E-state index is 13.7. The largest absolute Gasteiger partial charge is 0.466 e. The molecule has 1 aliphatic rings. The molecule has 1 aromatic heterocycles. The molecule has 0 radical (unpaired) electrons. The van der Waals surface area contributed by atoms with E-state index in [9.17, 15) is 18.7 Å². The van der Waals surface area contributed by atoms with E-state index in [1.807, 2.05) is 0 Å². The molecule has 3 rings (SSSR count). The summed E-state index contributed by atoms with van der Waals surface area (Å²) in [6.07, 6.45) is 1.83. The van der Waals surface area contributed by atoms with Gasteiger partial charge in [-0.3, -0.25) is 4.79 Å². The van der Waals surface area contributed by atoms with E-state index in [0.717, 1.165) is 0 Å². The lowest BCUT2D eigenvalue weighted by molar-refractivity contribution is -0.123. The van der Waals surface area contributed by atoms with Crippen LogP contribution in [0.2, 0.25) is 0 Å². The molecule has 0 spiro atoms. The fourth-order valence-corrected chi connectivity index (χ4v) is 2.73. The van der Waals surface area contributed by atoms with Crippen LogP contribution in [-0.4, -0.2) is 17.6 Å². The third-order valence-electron chi connectivity index (χ3n) is 4.16. The summed E-state index contributed by atoms with van der Waals surface area (Å²) in [6, 6.07) is 6.93. The molecular formula is C17H17F2NO3. The molecule has 122 valence electrons. The van der Waals surface area contributed by atoms with Crippen molar-refractivity contribution in [3.05, 3.63) is 59.6 Å². The Labute approximate surface area is 132 Å². The molecule has 1 amide bonds. The molecule has 1 heterocycles. The van der Waals surface area contributed by atoms with Gasteiger partial charge in [0.2, 0.25) is 5.91 Å². The second-order valence-corrected chi connectivity index (χ2v) is 6.05. The highest BCUT2D eigenvalue weighted by molar-refractivity contribution is 5.83. The van der Waals surface area contributed by atoms with E-state index in [2.05, 4.69) is 5.32 Å². The first-order valence-corrected chi connectivity index (χ1v) is 7.38. The van der Waals surface area contributed by atoms with Crippen molar-refractivity contribution in [2.24, 2.45) is 5.92 Å². The molecule has 23 heavy (non-hydrogen) atoms. The Hall–Kier alpha value is -2.21. The number of hydrogen-bond acceptors (Lipinski definition) is 3. The Morgan fingerprint density at radius 3 is 2.65 bits per heavy atom. The van der Waals surface area contributed by atoms with Gasteiger partial charge in [0, 0.05) is 17.4 Å². The van der Waals surface area contributed by atoms with E-state index in [1.54, 1.807) is 12.1 Å². The summed E-state index contributed by atoms with van der Waals surface area (Å²) in [6.45, 7) is 1.48. The van der Waals surface area contributed by atoms with Crippen molar-refractivity contribution in [3.8, 4) is 0 Å². The van der Waals surface area contributed by atoms with Gasteiger partial charge in [-0.15, -0.1) is 0 Å². The van der Waals surface area contributed by atoms with E-state index < -0.39 is 29.1 Å². The lowest BCUT2D eigenvalue weighted by Crippen LogP contribution is -2.39. The molecule has 1 saturated carbocycles. The van der Waals surface area contributed by atoms with Crippen molar-refractivity contribution < 1.29 is 23.1 Å². The summed E-state index contributed by atoms with van der Waals surface area (Å²) in [4.78, 5) is 12.1. The zero-order valence-electron chi connectivity index (χ0n) is 12.6. The smallest absolute Gasteiger partial charge is 0.223 e. The van der Waals surface area contributed by atoms with Gasteiger partial charge in [0.1, 0.15) is 23.0 Å². The van der Waals surface area contributed by atoms with Gasteiger partial charge in [0.05, 0.1) is 12.8 Å². The first-order chi connectivity index (χ1) is 10.9. The fraction of sp³-hybridized carbons (Fsp3) is 0.353. The quantitative estimate of drug-likeness (QED) is 0.890. The fourth-order valence-electron chi connectivity index (χ4n) is 2.73. The third-order valence-corrected chi connectivity index (χ3v) is 4.16. The molecule has 2 aromatic rings. The number of rotatable bonds is 5. The molecule has 1 aliphatic carbocycles. The van der Waals surface area contributed by atoms with Crippen molar-refractivity contribution in [2.45, 2.75) is 24.9 Å². The minimum Gasteiger partial charge on any atom is -0.466 e. The molecule has 2 N–H and O–H groups in total. The van der Waals surface area contributed by atoms with Crippen LogP contribution in [-0.2, 0) is 10.4 Å². The van der Waals surface area contributed by atoms with E-state index in [4.69, 9.17) is 4.42 Å². The Kier molecular flexibility index (Phi) is 3.93. The number of carbonyl (C=O) groups excluding carboxylic acids is 1. The Morgan fingerprint density at radius 1 is 1.35 bits per heavy atom. The first kappa shape index (κ1) is 15.7. The molecule has 3 atom stereocenters. The molecule has 0 bridgehead atoms. The van der Waals surface area contributed by atoms with Gasteiger partial charge < -0.3 is 14.8 Å². The third kappa shape index (κ3) is 3.12. The van der Waals surface area contributed by atoms with Gasteiger partial charge >= 0.3 is 0 Å². The van der Waals surface area contributed by atoms with Gasteiger partial charge in [0.25, 0.3) is 0 Å². The SMILES string of the molecule is CC(O)(CNC(=O)C1CC1c1c(F)cccc1F)c1ccco1. The molecule has 0 aliphatic heterocycles. The van der Waals surface area contributed by atoms with Crippen LogP contribution in [0, 0.1) is 17.6 Å². The topological polar surface area (TPSA) is 62.5 Å². The number of carbonyl (C=O) groups is 1. The molecule has 1 fully saturated rings. The van der Waals surface area contributed by atoms with E-state index in [0.29, 0.717) is 12.2 Å². The summed E-state index contributed by atoms with van der Waals surface area (Å²) >= 11 is 0. The molecule has 6 heteroatoms. The second kappa shape index (κ2) is 5.77. The van der Waals surface area contributed by atoms with Gasteiger partial charge in [-0.05, 0) is 37.6 Å². The van der Waals surface area contributed by atoms with Crippen molar-refractivity contribution in [1.82, 2.24) is 5.32 Å². The van der Waals surface area contributed by atoms with E-state index in [1.165, 1.54) is 31.4 Å². The van der Waals surface area contributed by atoms with Crippen LogP contribution in [0.1, 0.15) is 30.6 Å². The summed E-state index contributed by atoms with van der Waals surface area (Å²) in [7, 11) is 0. The Balaban J connectivity index is 1.61. The number of furan rings is 1. The van der Waals surface area contributed by atoms with Crippen LogP contribution in [0.5, 0.6) is 0 Å². The van der Waals surface area contributed by atoms with Crippen LogP contribution in [0.3, 0.4) is 0 Å². The summed E-state index contributed by atoms with van der Waals surface area (Å²) < 4.78 is 32.6. The maximum Gasteiger partial charge on any atom is 0.223 e. The molecule has 1 aromatic carbocycles. The van der Waals surface area contributed by atoms with Crippen molar-refractivity contribution in [2.75, 3.05) is 6.54 Å². The predicted octanol–water partition coefficient (Wildman–Crippen LogP) is 2.69. The summed E-state index contributed by atoms with van der Waals surface area (Å²) in [5.41, 5.74) is -1.38. The number of nitrogens with one attached hydrogen (secondary N) is 1. The lowest BCUT2D eigenvalue weighted by Gasteiger charge is -2.21. The first-order valence-electron chi connectivity index (χ1n) is 7.38. The number of benzene rings is 1. The number of amides is 1. The highest BCUT2D eigenvalue weighted by Crippen LogP contribution is 2.49. The maximum atomic E-state index is 13.7. The monoisotopic (exact) mass is 321 g/mol. The van der Waals surface area contributed by atoms with Crippen molar-refractivity contribution in [3.63, 3.8) is 0 Å². The summed E-state index contributed by atoms with van der Waals surface area (Å²) in [5.74, 6) is -2.19. The second-order valence-electron chi connectivity index (χ2n) is 6.05. The number of aliphatic hydroxyl groups is 1. The van der Waals surface area contributed by atoms with E-state index in [-0.39, 0.29) is 18.0 Å². The van der Waals surface area contributed by atoms with Crippen molar-refractivity contribution in [1.29, 1.82) is 0 Å². The average Bonchev–Trinajstić information content (AvgIpc) is 3.06. The highest BCUT2D eigenvalue weighted by Gasteiger charge is 2.47. The van der Waals surface area contributed by atoms with E-state index >= 15 is 0 Å². The highest BCUT2D eigenvalue weighted by atomic mass is 19.1. The van der Waals surface area contributed by atoms with Crippen LogP contribution in [0.15, 0.2) is 41.0 Å². The molecular weight excluding hydrogens is 304 g/mol. The molecule has 0 saturated heterocycles. The normalized spacial score (nSPS) is 22.4. The Morgan fingerprint density at radius 2 is 2.04 bits per heavy atom. The zero-order chi connectivity index (χ0) is 16.6. The minimum absolute atomic E-state index is 0.0366. The Bertz CT molecular complexity index is 692. The van der Waals surface area contributed by atoms with Crippen LogP contribution in [0.25, 0.3) is 0 Å². The van der Waals surface area contributed by atoms with Crippen molar-refractivity contribution >= 4 is 5.91 Å². The minimum atomic E-state index is -1.34. The lowest BCUT2D eigenvalue weighted by atomic mass is 10.0. The molecule has 3 unspecified atom stereocenters. The summed E-state index contributed by atoms with van der Waals surface area (Å²) in [5, 5.41) is 12.9. The van der Waals surface area contributed by atoms with Gasteiger partial charge in [-0.2, -0.15) is 0 Å². The standard InChI is InChI=1S/C17H17F2NO3/c1-17(22,14-6-3-7-23-14)9-20-16(21)11-8-10(11)15-12(18)4-2-5-13(15)19/h2-7,10-11,22H,8-9H2,1H3,(H,20,21). The number of hydrogen-bond donors (Lipinski definition) is 2. The zero-order valence-corrected chi connectivity index (χ0v) is 12.6. The van der Waals surface area contributed by atoms with Gasteiger partial charge in [0.15, 0.2) is 0 Å². The number of halogens is 2. The average molecular weight is 321 g/mol. The van der Waals surface area contributed by atoms with Crippen LogP contribution < -0.4 is 5.32 Å². The molecule has 4 nitrogen and oxygen atoms in total. The predicted molar refractivity (Wildman–Crippen MR) is 78.5 cm³/mol. The van der Waals surface area contributed by atoms with Gasteiger partial charge in [-0.1, -0.05) is 6.07 Å². The van der Waals surface area contributed by atoms with Crippen LogP contribution >= 0.6 is 0 Å².